The van der Waals surface area contributed by atoms with Crippen molar-refractivity contribution in [1.82, 2.24) is 10.2 Å². The van der Waals surface area contributed by atoms with Crippen LogP contribution in [0.5, 0.6) is 5.75 Å². The van der Waals surface area contributed by atoms with Crippen LogP contribution >= 0.6 is 0 Å². The normalized spacial score (nSPS) is 25.9. The summed E-state index contributed by atoms with van der Waals surface area (Å²) in [5, 5.41) is 3.23. The molecular formula is C18H24F2N2O. The molecule has 0 amide bonds. The smallest absolute Gasteiger partial charge is 0.251 e. The molecule has 4 rings (SSSR count). The summed E-state index contributed by atoms with van der Waals surface area (Å²) in [6, 6.07) is 6.24. The largest absolute Gasteiger partial charge is 0.487 e. The van der Waals surface area contributed by atoms with E-state index >= 15 is 0 Å². The molecule has 0 atom stereocenters. The topological polar surface area (TPSA) is 24.5 Å². The zero-order valence-electron chi connectivity index (χ0n) is 13.6. The molecule has 1 spiro atoms. The third-order valence-corrected chi connectivity index (χ3v) is 5.55. The van der Waals surface area contributed by atoms with E-state index in [1.54, 1.807) is 0 Å². The van der Waals surface area contributed by atoms with Crippen LogP contribution in [-0.4, -0.2) is 42.6 Å². The molecule has 0 bridgehead atoms. The first-order chi connectivity index (χ1) is 10.9. The summed E-state index contributed by atoms with van der Waals surface area (Å²) in [4.78, 5) is 2.35. The summed E-state index contributed by atoms with van der Waals surface area (Å²) in [5.74, 6) is -1.45. The molecule has 3 aliphatic rings. The van der Waals surface area contributed by atoms with Gasteiger partial charge in [0.2, 0.25) is 0 Å². The van der Waals surface area contributed by atoms with Crippen LogP contribution in [0.3, 0.4) is 0 Å². The van der Waals surface area contributed by atoms with Crippen LogP contribution in [0, 0.1) is 0 Å². The molecule has 0 radical (unpaired) electrons. The molecule has 2 fully saturated rings. The molecule has 0 unspecified atom stereocenters. The number of halogens is 2. The van der Waals surface area contributed by atoms with Crippen molar-refractivity contribution in [2.24, 2.45) is 0 Å². The van der Waals surface area contributed by atoms with Gasteiger partial charge in [-0.15, -0.1) is 0 Å². The fraction of sp³-hybridized carbons (Fsp3) is 0.667. The lowest BCUT2D eigenvalue weighted by molar-refractivity contribution is -0.0930. The van der Waals surface area contributed by atoms with Crippen LogP contribution in [0.1, 0.15) is 36.8 Å². The van der Waals surface area contributed by atoms with Crippen molar-refractivity contribution >= 4 is 0 Å². The monoisotopic (exact) mass is 322 g/mol. The molecule has 2 aliphatic heterocycles. The molecule has 3 nitrogen and oxygen atoms in total. The Morgan fingerprint density at radius 1 is 1.26 bits per heavy atom. The summed E-state index contributed by atoms with van der Waals surface area (Å²) in [7, 11) is 2.16. The highest BCUT2D eigenvalue weighted by Crippen LogP contribution is 2.41. The van der Waals surface area contributed by atoms with Crippen molar-refractivity contribution in [2.45, 2.75) is 56.2 Å². The molecule has 1 saturated heterocycles. The number of nitrogens with one attached hydrogen (secondary N) is 1. The van der Waals surface area contributed by atoms with Gasteiger partial charge in [0.15, 0.2) is 0 Å². The maximum Gasteiger partial charge on any atom is 0.251 e. The third kappa shape index (κ3) is 3.09. The van der Waals surface area contributed by atoms with Gasteiger partial charge in [0.25, 0.3) is 5.92 Å². The Morgan fingerprint density at radius 3 is 2.70 bits per heavy atom. The molecule has 23 heavy (non-hydrogen) atoms. The van der Waals surface area contributed by atoms with Gasteiger partial charge in [0.1, 0.15) is 11.4 Å². The van der Waals surface area contributed by atoms with Gasteiger partial charge in [-0.3, -0.25) is 0 Å². The highest BCUT2D eigenvalue weighted by molar-refractivity contribution is 5.42. The maximum atomic E-state index is 12.9. The van der Waals surface area contributed by atoms with Crippen molar-refractivity contribution in [1.29, 1.82) is 0 Å². The van der Waals surface area contributed by atoms with E-state index in [0.29, 0.717) is 6.54 Å². The van der Waals surface area contributed by atoms with E-state index in [2.05, 4.69) is 35.5 Å². The van der Waals surface area contributed by atoms with Crippen molar-refractivity contribution < 1.29 is 13.5 Å². The fourth-order valence-corrected chi connectivity index (χ4v) is 3.97. The average Bonchev–Trinajstić information content (AvgIpc) is 2.83. The summed E-state index contributed by atoms with van der Waals surface area (Å²) >= 11 is 0. The van der Waals surface area contributed by atoms with Gasteiger partial charge < -0.3 is 15.0 Å². The summed E-state index contributed by atoms with van der Waals surface area (Å²) < 4.78 is 32.0. The minimum absolute atomic E-state index is 0.0169. The molecule has 1 N–H and O–H groups in total. The molecular weight excluding hydrogens is 298 g/mol. The number of likely N-dealkylation sites (tertiary alicyclic amines) is 1. The second-order valence-electron chi connectivity index (χ2n) is 7.55. The first kappa shape index (κ1) is 15.3. The minimum Gasteiger partial charge on any atom is -0.487 e. The maximum absolute atomic E-state index is 12.9. The Bertz CT molecular complexity index is 589. The highest BCUT2D eigenvalue weighted by atomic mass is 19.3. The Balaban J connectivity index is 1.37. The number of alkyl halides is 2. The minimum atomic E-state index is -2.45. The van der Waals surface area contributed by atoms with Crippen molar-refractivity contribution in [2.75, 3.05) is 20.1 Å². The number of hydrogen-bond acceptors (Lipinski definition) is 3. The zero-order chi connectivity index (χ0) is 16.1. The Morgan fingerprint density at radius 2 is 2.00 bits per heavy atom. The lowest BCUT2D eigenvalue weighted by Gasteiger charge is -2.37. The van der Waals surface area contributed by atoms with E-state index < -0.39 is 5.92 Å². The number of rotatable bonds is 3. The van der Waals surface area contributed by atoms with Gasteiger partial charge in [-0.05, 0) is 24.2 Å². The fourth-order valence-electron chi connectivity index (χ4n) is 3.97. The summed E-state index contributed by atoms with van der Waals surface area (Å²) in [5.41, 5.74) is 2.41. The third-order valence-electron chi connectivity index (χ3n) is 5.55. The Kier molecular flexibility index (Phi) is 3.61. The molecule has 126 valence electrons. The predicted molar refractivity (Wildman–Crippen MR) is 85.0 cm³/mol. The molecule has 1 aromatic carbocycles. The molecule has 1 saturated carbocycles. The number of piperidine rings is 1. The molecule has 1 aliphatic carbocycles. The van der Waals surface area contributed by atoms with E-state index in [1.807, 2.05) is 0 Å². The summed E-state index contributed by atoms with van der Waals surface area (Å²) in [6.07, 6.45) is 3.06. The van der Waals surface area contributed by atoms with Gasteiger partial charge in [0, 0.05) is 57.8 Å². The van der Waals surface area contributed by atoms with E-state index in [-0.39, 0.29) is 24.5 Å². The van der Waals surface area contributed by atoms with Crippen LogP contribution in [0.4, 0.5) is 8.78 Å². The second-order valence-corrected chi connectivity index (χ2v) is 7.55. The van der Waals surface area contributed by atoms with Crippen molar-refractivity contribution in [3.05, 3.63) is 29.3 Å². The SMILES string of the molecule is CN1CCC2(CC1)Cc1cc(CNC3CC(F)(F)C3)ccc1O2. The van der Waals surface area contributed by atoms with Gasteiger partial charge in [0.05, 0.1) is 0 Å². The van der Waals surface area contributed by atoms with Crippen LogP contribution < -0.4 is 10.1 Å². The molecule has 0 aromatic heterocycles. The number of ether oxygens (including phenoxy) is 1. The first-order valence-electron chi connectivity index (χ1n) is 8.54. The van der Waals surface area contributed by atoms with Gasteiger partial charge in [-0.2, -0.15) is 0 Å². The van der Waals surface area contributed by atoms with E-state index in [4.69, 9.17) is 4.74 Å². The first-order valence-corrected chi connectivity index (χ1v) is 8.54. The van der Waals surface area contributed by atoms with Crippen molar-refractivity contribution in [3.63, 3.8) is 0 Å². The second kappa shape index (κ2) is 5.42. The van der Waals surface area contributed by atoms with Crippen molar-refractivity contribution in [3.8, 4) is 5.75 Å². The van der Waals surface area contributed by atoms with Gasteiger partial charge in [-0.25, -0.2) is 8.78 Å². The number of benzene rings is 1. The molecule has 2 heterocycles. The predicted octanol–water partition coefficient (Wildman–Crippen LogP) is 2.97. The number of fused-ring (bicyclic) bond motifs is 1. The lowest BCUT2D eigenvalue weighted by atomic mass is 9.87. The van der Waals surface area contributed by atoms with Crippen LogP contribution in [0.25, 0.3) is 0 Å². The van der Waals surface area contributed by atoms with Crippen LogP contribution in [-0.2, 0) is 13.0 Å². The standard InChI is InChI=1S/C18H24F2N2O/c1-22-6-4-17(5-7-22)9-14-8-13(2-3-16(14)23-17)12-21-15-10-18(19,20)11-15/h2-3,8,15,21H,4-7,9-12H2,1H3. The molecule has 5 heteroatoms. The Labute approximate surface area is 136 Å². The Hall–Kier alpha value is -1.20. The summed E-state index contributed by atoms with van der Waals surface area (Å²) in [6.45, 7) is 2.82. The van der Waals surface area contributed by atoms with E-state index in [1.165, 1.54) is 5.56 Å². The van der Waals surface area contributed by atoms with Crippen LogP contribution in [0.15, 0.2) is 18.2 Å². The lowest BCUT2D eigenvalue weighted by Crippen LogP contribution is -2.48. The number of hydrogen-bond donors (Lipinski definition) is 1. The van der Waals surface area contributed by atoms with Gasteiger partial charge in [-0.1, -0.05) is 12.1 Å². The van der Waals surface area contributed by atoms with Crippen LogP contribution in [0.2, 0.25) is 0 Å². The quantitative estimate of drug-likeness (QED) is 0.926. The van der Waals surface area contributed by atoms with E-state index in [9.17, 15) is 8.78 Å². The van der Waals surface area contributed by atoms with E-state index in [0.717, 1.165) is 43.7 Å². The molecule has 1 aromatic rings. The zero-order valence-corrected chi connectivity index (χ0v) is 13.6. The number of nitrogens with zero attached hydrogens (tertiary/aromatic N) is 1. The highest BCUT2D eigenvalue weighted by Gasteiger charge is 2.45. The van der Waals surface area contributed by atoms with Gasteiger partial charge >= 0.3 is 0 Å². The average molecular weight is 322 g/mol.